The molecule has 1 rings (SSSR count). The summed E-state index contributed by atoms with van der Waals surface area (Å²) in [7, 11) is 0. The van der Waals surface area contributed by atoms with Gasteiger partial charge in [-0.25, -0.2) is 9.97 Å². The summed E-state index contributed by atoms with van der Waals surface area (Å²) in [4.78, 5) is 8.61. The zero-order valence-electron chi connectivity index (χ0n) is 12.2. The molecule has 0 unspecified atom stereocenters. The van der Waals surface area contributed by atoms with E-state index in [4.69, 9.17) is 16.3 Å². The largest absolute Gasteiger partial charge is 0.380 e. The monoisotopic (exact) mass is 285 g/mol. The number of hydrogen-bond donors (Lipinski definition) is 1. The fraction of sp³-hybridized carbons (Fsp3) is 0.714. The second-order valence-electron chi connectivity index (χ2n) is 5.31. The van der Waals surface area contributed by atoms with Crippen LogP contribution in [-0.2, 0) is 4.74 Å². The lowest BCUT2D eigenvalue weighted by Crippen LogP contribution is -2.12. The summed E-state index contributed by atoms with van der Waals surface area (Å²) in [6.07, 6.45) is 1.09. The second kappa shape index (κ2) is 8.33. The molecule has 1 heterocycles. The molecule has 4 nitrogen and oxygen atoms in total. The molecule has 0 spiro atoms. The molecule has 1 N–H and O–H groups in total. The van der Waals surface area contributed by atoms with E-state index >= 15 is 0 Å². The van der Waals surface area contributed by atoms with E-state index in [2.05, 4.69) is 29.1 Å². The predicted octanol–water partition coefficient (Wildman–Crippen LogP) is 3.73. The first-order valence-corrected chi connectivity index (χ1v) is 7.23. The fourth-order valence-electron chi connectivity index (χ4n) is 1.46. The first-order valence-electron chi connectivity index (χ1n) is 6.85. The third kappa shape index (κ3) is 6.73. The van der Waals surface area contributed by atoms with Gasteiger partial charge in [0, 0.05) is 25.1 Å². The van der Waals surface area contributed by atoms with Crippen LogP contribution in [0, 0.1) is 5.92 Å². The Hall–Kier alpha value is -0.870. The first-order chi connectivity index (χ1) is 8.99. The SMILES string of the molecule is CC(C)CCOCCNc1cc(Cl)nc(C(C)C)n1. The Morgan fingerprint density at radius 1 is 1.21 bits per heavy atom. The molecule has 0 atom stereocenters. The smallest absolute Gasteiger partial charge is 0.135 e. The second-order valence-corrected chi connectivity index (χ2v) is 5.70. The van der Waals surface area contributed by atoms with Crippen LogP contribution in [0.4, 0.5) is 5.82 Å². The zero-order chi connectivity index (χ0) is 14.3. The lowest BCUT2D eigenvalue weighted by Gasteiger charge is -2.10. The summed E-state index contributed by atoms with van der Waals surface area (Å²) < 4.78 is 5.54. The van der Waals surface area contributed by atoms with Crippen molar-refractivity contribution in [1.29, 1.82) is 0 Å². The Morgan fingerprint density at radius 3 is 2.58 bits per heavy atom. The molecule has 0 aromatic carbocycles. The molecule has 108 valence electrons. The average molecular weight is 286 g/mol. The van der Waals surface area contributed by atoms with Crippen molar-refractivity contribution in [2.75, 3.05) is 25.1 Å². The summed E-state index contributed by atoms with van der Waals surface area (Å²) in [6.45, 7) is 10.7. The summed E-state index contributed by atoms with van der Waals surface area (Å²) in [5.41, 5.74) is 0. The number of nitrogens with one attached hydrogen (secondary N) is 1. The van der Waals surface area contributed by atoms with Crippen LogP contribution in [0.1, 0.15) is 45.9 Å². The normalized spacial score (nSPS) is 11.3. The molecule has 0 bridgehead atoms. The Morgan fingerprint density at radius 2 is 1.95 bits per heavy atom. The minimum absolute atomic E-state index is 0.265. The van der Waals surface area contributed by atoms with Gasteiger partial charge in [-0.05, 0) is 12.3 Å². The van der Waals surface area contributed by atoms with E-state index in [1.807, 2.05) is 13.8 Å². The van der Waals surface area contributed by atoms with Crippen LogP contribution in [0.2, 0.25) is 5.15 Å². The molecule has 0 aliphatic rings. The molecule has 5 heteroatoms. The van der Waals surface area contributed by atoms with Gasteiger partial charge in [-0.1, -0.05) is 39.3 Å². The van der Waals surface area contributed by atoms with Crippen LogP contribution in [0.15, 0.2) is 6.07 Å². The molecule has 0 saturated heterocycles. The minimum atomic E-state index is 0.265. The van der Waals surface area contributed by atoms with Crippen molar-refractivity contribution in [3.8, 4) is 0 Å². The maximum atomic E-state index is 5.97. The Kier molecular flexibility index (Phi) is 7.10. The van der Waals surface area contributed by atoms with Gasteiger partial charge in [0.1, 0.15) is 16.8 Å². The number of hydrogen-bond acceptors (Lipinski definition) is 4. The van der Waals surface area contributed by atoms with Crippen LogP contribution in [-0.4, -0.2) is 29.7 Å². The summed E-state index contributed by atoms with van der Waals surface area (Å²) in [5.74, 6) is 2.47. The maximum absolute atomic E-state index is 5.97. The summed E-state index contributed by atoms with van der Waals surface area (Å²) in [6, 6.07) is 1.74. The fourth-order valence-corrected chi connectivity index (χ4v) is 1.65. The number of ether oxygens (including phenoxy) is 1. The van der Waals surface area contributed by atoms with Gasteiger partial charge in [0.25, 0.3) is 0 Å². The van der Waals surface area contributed by atoms with Crippen molar-refractivity contribution >= 4 is 17.4 Å². The number of aromatic nitrogens is 2. The van der Waals surface area contributed by atoms with Crippen molar-refractivity contribution in [3.63, 3.8) is 0 Å². The Bertz CT molecular complexity index is 383. The van der Waals surface area contributed by atoms with Crippen molar-refractivity contribution in [1.82, 2.24) is 9.97 Å². The number of halogens is 1. The highest BCUT2D eigenvalue weighted by atomic mass is 35.5. The quantitative estimate of drug-likeness (QED) is 0.584. The van der Waals surface area contributed by atoms with Crippen molar-refractivity contribution < 1.29 is 4.74 Å². The van der Waals surface area contributed by atoms with E-state index in [9.17, 15) is 0 Å². The van der Waals surface area contributed by atoms with E-state index in [1.54, 1.807) is 6.07 Å². The molecule has 0 aliphatic carbocycles. The summed E-state index contributed by atoms with van der Waals surface area (Å²) in [5, 5.41) is 3.68. The molecule has 0 fully saturated rings. The first kappa shape index (κ1) is 16.2. The molecular weight excluding hydrogens is 262 g/mol. The van der Waals surface area contributed by atoms with Gasteiger partial charge in [0.15, 0.2) is 0 Å². The molecule has 1 aromatic heterocycles. The van der Waals surface area contributed by atoms with Gasteiger partial charge >= 0.3 is 0 Å². The van der Waals surface area contributed by atoms with E-state index in [0.717, 1.165) is 31.2 Å². The molecule has 19 heavy (non-hydrogen) atoms. The molecule has 1 aromatic rings. The highest BCUT2D eigenvalue weighted by Crippen LogP contribution is 2.16. The van der Waals surface area contributed by atoms with Gasteiger partial charge in [-0.2, -0.15) is 0 Å². The van der Waals surface area contributed by atoms with Crippen molar-refractivity contribution in [3.05, 3.63) is 17.0 Å². The minimum Gasteiger partial charge on any atom is -0.380 e. The van der Waals surface area contributed by atoms with E-state index in [-0.39, 0.29) is 5.92 Å². The highest BCUT2D eigenvalue weighted by Gasteiger charge is 2.06. The molecule has 0 radical (unpaired) electrons. The standard InChI is InChI=1S/C14H24ClN3O/c1-10(2)5-7-19-8-6-16-13-9-12(15)17-14(18-13)11(3)4/h9-11H,5-8H2,1-4H3,(H,16,17,18). The number of nitrogens with zero attached hydrogens (tertiary/aromatic N) is 2. The van der Waals surface area contributed by atoms with Gasteiger partial charge in [0.2, 0.25) is 0 Å². The molecule has 0 saturated carbocycles. The van der Waals surface area contributed by atoms with Gasteiger partial charge in [-0.15, -0.1) is 0 Å². The van der Waals surface area contributed by atoms with Gasteiger partial charge in [0.05, 0.1) is 6.61 Å². The van der Waals surface area contributed by atoms with Crippen molar-refractivity contribution in [2.45, 2.75) is 40.0 Å². The predicted molar refractivity (Wildman–Crippen MR) is 79.9 cm³/mol. The third-order valence-corrected chi connectivity index (χ3v) is 2.81. The summed E-state index contributed by atoms with van der Waals surface area (Å²) >= 11 is 5.97. The maximum Gasteiger partial charge on any atom is 0.135 e. The van der Waals surface area contributed by atoms with Crippen LogP contribution in [0.5, 0.6) is 0 Å². The number of rotatable bonds is 8. The lowest BCUT2D eigenvalue weighted by atomic mass is 10.1. The van der Waals surface area contributed by atoms with E-state index in [0.29, 0.717) is 17.7 Å². The van der Waals surface area contributed by atoms with Crippen LogP contribution >= 0.6 is 11.6 Å². The van der Waals surface area contributed by atoms with Crippen LogP contribution < -0.4 is 5.32 Å². The molecule has 0 amide bonds. The third-order valence-electron chi connectivity index (χ3n) is 2.62. The Labute approximate surface area is 120 Å². The van der Waals surface area contributed by atoms with Gasteiger partial charge in [-0.3, -0.25) is 0 Å². The molecular formula is C14H24ClN3O. The zero-order valence-corrected chi connectivity index (χ0v) is 13.0. The Balaban J connectivity index is 2.33. The van der Waals surface area contributed by atoms with E-state index in [1.165, 1.54) is 0 Å². The van der Waals surface area contributed by atoms with E-state index < -0.39 is 0 Å². The van der Waals surface area contributed by atoms with Crippen LogP contribution in [0.3, 0.4) is 0 Å². The lowest BCUT2D eigenvalue weighted by molar-refractivity contribution is 0.132. The van der Waals surface area contributed by atoms with Crippen LogP contribution in [0.25, 0.3) is 0 Å². The topological polar surface area (TPSA) is 47.0 Å². The van der Waals surface area contributed by atoms with Crippen molar-refractivity contribution in [2.24, 2.45) is 5.92 Å². The molecule has 0 aliphatic heterocycles. The average Bonchev–Trinajstić information content (AvgIpc) is 2.32. The number of anilines is 1. The van der Waals surface area contributed by atoms with Gasteiger partial charge < -0.3 is 10.1 Å². The highest BCUT2D eigenvalue weighted by molar-refractivity contribution is 6.29.